The van der Waals surface area contributed by atoms with E-state index < -0.39 is 11.7 Å². The fraction of sp³-hybridized carbons (Fsp3) is 0.0833. The van der Waals surface area contributed by atoms with Crippen LogP contribution in [0.4, 0.5) is 19.0 Å². The highest BCUT2D eigenvalue weighted by molar-refractivity contribution is 9.10. The Hall–Kier alpha value is -1.56. The third-order valence-electron chi connectivity index (χ3n) is 2.44. The van der Waals surface area contributed by atoms with Crippen molar-refractivity contribution in [2.24, 2.45) is 0 Å². The lowest BCUT2D eigenvalue weighted by atomic mass is 10.0. The molecule has 0 fully saturated rings. The second-order valence-electron chi connectivity index (χ2n) is 3.63. The summed E-state index contributed by atoms with van der Waals surface area (Å²) >= 11 is 3.27. The van der Waals surface area contributed by atoms with Gasteiger partial charge in [-0.05, 0) is 39.7 Å². The normalized spacial score (nSPS) is 11.6. The summed E-state index contributed by atoms with van der Waals surface area (Å²) in [5.74, 6) is 0.299. The Morgan fingerprint density at radius 2 is 1.67 bits per heavy atom. The molecule has 0 atom stereocenters. The summed E-state index contributed by atoms with van der Waals surface area (Å²) in [5, 5.41) is 0. The standard InChI is InChI=1S/C12H8BrF3N2/c13-10-9(5-6-18-11(10)17)7-1-3-8(4-2-7)12(14,15)16/h1-6H,(H2,17,18). The molecule has 2 aromatic rings. The highest BCUT2D eigenvalue weighted by atomic mass is 79.9. The first kappa shape index (κ1) is 12.9. The fourth-order valence-electron chi connectivity index (χ4n) is 1.52. The second kappa shape index (κ2) is 4.61. The largest absolute Gasteiger partial charge is 0.416 e. The number of rotatable bonds is 1. The smallest absolute Gasteiger partial charge is 0.383 e. The molecule has 0 radical (unpaired) electrons. The average Bonchev–Trinajstić information content (AvgIpc) is 2.32. The Morgan fingerprint density at radius 1 is 1.06 bits per heavy atom. The number of aromatic nitrogens is 1. The molecule has 2 N–H and O–H groups in total. The van der Waals surface area contributed by atoms with Crippen molar-refractivity contribution < 1.29 is 13.2 Å². The minimum absolute atomic E-state index is 0.299. The van der Waals surface area contributed by atoms with E-state index in [4.69, 9.17) is 5.73 Å². The third-order valence-corrected chi connectivity index (χ3v) is 3.27. The lowest BCUT2D eigenvalue weighted by molar-refractivity contribution is -0.137. The highest BCUT2D eigenvalue weighted by Crippen LogP contribution is 2.34. The third kappa shape index (κ3) is 2.48. The van der Waals surface area contributed by atoms with Crippen LogP contribution in [0.2, 0.25) is 0 Å². The molecule has 0 aliphatic heterocycles. The number of alkyl halides is 3. The number of benzene rings is 1. The van der Waals surface area contributed by atoms with E-state index in [1.54, 1.807) is 6.07 Å². The lowest BCUT2D eigenvalue weighted by Crippen LogP contribution is -2.04. The summed E-state index contributed by atoms with van der Waals surface area (Å²) in [7, 11) is 0. The molecule has 0 bridgehead atoms. The Kier molecular flexibility index (Phi) is 3.30. The summed E-state index contributed by atoms with van der Waals surface area (Å²) in [6.07, 6.45) is -2.82. The first-order valence-corrected chi connectivity index (χ1v) is 5.76. The Bertz CT molecular complexity index is 565. The topological polar surface area (TPSA) is 38.9 Å². The van der Waals surface area contributed by atoms with Gasteiger partial charge in [0, 0.05) is 11.8 Å². The maximum atomic E-state index is 12.4. The predicted octanol–water partition coefficient (Wildman–Crippen LogP) is 4.11. The SMILES string of the molecule is Nc1nccc(-c2ccc(C(F)(F)F)cc2)c1Br. The van der Waals surface area contributed by atoms with Crippen molar-refractivity contribution in [2.75, 3.05) is 5.73 Å². The molecule has 0 saturated carbocycles. The van der Waals surface area contributed by atoms with Crippen molar-refractivity contribution >= 4 is 21.7 Å². The van der Waals surface area contributed by atoms with Crippen LogP contribution in [0.3, 0.4) is 0 Å². The molecule has 0 amide bonds. The summed E-state index contributed by atoms with van der Waals surface area (Å²) < 4.78 is 37.9. The number of halogens is 4. The number of pyridine rings is 1. The molecule has 2 nitrogen and oxygen atoms in total. The van der Waals surface area contributed by atoms with Gasteiger partial charge >= 0.3 is 6.18 Å². The van der Waals surface area contributed by atoms with E-state index in [2.05, 4.69) is 20.9 Å². The van der Waals surface area contributed by atoms with Crippen LogP contribution in [0.15, 0.2) is 41.0 Å². The molecular formula is C12H8BrF3N2. The van der Waals surface area contributed by atoms with Crippen LogP contribution < -0.4 is 5.73 Å². The average molecular weight is 317 g/mol. The van der Waals surface area contributed by atoms with E-state index in [1.165, 1.54) is 18.3 Å². The van der Waals surface area contributed by atoms with E-state index in [9.17, 15) is 13.2 Å². The van der Waals surface area contributed by atoms with Gasteiger partial charge in [0.25, 0.3) is 0 Å². The minimum Gasteiger partial charge on any atom is -0.383 e. The van der Waals surface area contributed by atoms with Gasteiger partial charge in [-0.25, -0.2) is 4.98 Å². The van der Waals surface area contributed by atoms with E-state index in [0.29, 0.717) is 21.4 Å². The molecule has 1 aromatic heterocycles. The summed E-state index contributed by atoms with van der Waals surface area (Å²) in [4.78, 5) is 3.87. The van der Waals surface area contributed by atoms with Gasteiger partial charge in [0.2, 0.25) is 0 Å². The predicted molar refractivity (Wildman–Crippen MR) is 66.8 cm³/mol. The van der Waals surface area contributed by atoms with Gasteiger partial charge in [-0.2, -0.15) is 13.2 Å². The highest BCUT2D eigenvalue weighted by Gasteiger charge is 2.30. The Morgan fingerprint density at radius 3 is 2.22 bits per heavy atom. The summed E-state index contributed by atoms with van der Waals surface area (Å²) in [6, 6.07) is 6.57. The van der Waals surface area contributed by atoms with E-state index in [0.717, 1.165) is 12.1 Å². The van der Waals surface area contributed by atoms with Crippen LogP contribution in [0.25, 0.3) is 11.1 Å². The zero-order valence-electron chi connectivity index (χ0n) is 9.00. The van der Waals surface area contributed by atoms with Crippen molar-refractivity contribution in [1.29, 1.82) is 0 Å². The quantitative estimate of drug-likeness (QED) is 0.859. The van der Waals surface area contributed by atoms with Crippen molar-refractivity contribution in [3.63, 3.8) is 0 Å². The zero-order valence-corrected chi connectivity index (χ0v) is 10.6. The molecular weight excluding hydrogens is 309 g/mol. The van der Waals surface area contributed by atoms with Gasteiger partial charge in [-0.1, -0.05) is 12.1 Å². The number of anilines is 1. The van der Waals surface area contributed by atoms with Gasteiger partial charge in [0.05, 0.1) is 10.0 Å². The van der Waals surface area contributed by atoms with Crippen LogP contribution in [0.5, 0.6) is 0 Å². The number of nitrogens with zero attached hydrogens (tertiary/aromatic N) is 1. The fourth-order valence-corrected chi connectivity index (χ4v) is 1.99. The van der Waals surface area contributed by atoms with Gasteiger partial charge < -0.3 is 5.73 Å². The van der Waals surface area contributed by atoms with E-state index >= 15 is 0 Å². The Balaban J connectivity index is 2.44. The second-order valence-corrected chi connectivity index (χ2v) is 4.43. The summed E-state index contributed by atoms with van der Waals surface area (Å²) in [6.45, 7) is 0. The van der Waals surface area contributed by atoms with Gasteiger partial charge in [-0.3, -0.25) is 0 Å². The van der Waals surface area contributed by atoms with Gasteiger partial charge in [0.1, 0.15) is 5.82 Å². The maximum Gasteiger partial charge on any atom is 0.416 e. The first-order chi connectivity index (χ1) is 8.39. The first-order valence-electron chi connectivity index (χ1n) is 4.97. The molecule has 0 unspecified atom stereocenters. The molecule has 0 aliphatic rings. The van der Waals surface area contributed by atoms with Crippen LogP contribution >= 0.6 is 15.9 Å². The van der Waals surface area contributed by atoms with Gasteiger partial charge in [0.15, 0.2) is 0 Å². The molecule has 0 spiro atoms. The van der Waals surface area contributed by atoms with E-state index in [-0.39, 0.29) is 0 Å². The molecule has 0 saturated heterocycles. The molecule has 94 valence electrons. The van der Waals surface area contributed by atoms with Crippen LogP contribution in [-0.4, -0.2) is 4.98 Å². The number of hydrogen-bond acceptors (Lipinski definition) is 2. The zero-order chi connectivity index (χ0) is 13.3. The van der Waals surface area contributed by atoms with Crippen molar-refractivity contribution in [2.45, 2.75) is 6.18 Å². The van der Waals surface area contributed by atoms with Crippen molar-refractivity contribution in [1.82, 2.24) is 4.98 Å². The molecule has 0 aliphatic carbocycles. The number of nitrogens with two attached hydrogens (primary N) is 1. The van der Waals surface area contributed by atoms with Crippen LogP contribution in [0.1, 0.15) is 5.56 Å². The molecule has 1 aromatic carbocycles. The Labute approximate surface area is 110 Å². The minimum atomic E-state index is -4.33. The summed E-state index contributed by atoms with van der Waals surface area (Å²) in [5.41, 5.74) is 6.29. The molecule has 6 heteroatoms. The molecule has 2 rings (SSSR count). The monoisotopic (exact) mass is 316 g/mol. The van der Waals surface area contributed by atoms with Crippen LogP contribution in [-0.2, 0) is 6.18 Å². The van der Waals surface area contributed by atoms with Crippen LogP contribution in [0, 0.1) is 0 Å². The van der Waals surface area contributed by atoms with Crippen molar-refractivity contribution in [3.05, 3.63) is 46.6 Å². The van der Waals surface area contributed by atoms with Crippen molar-refractivity contribution in [3.8, 4) is 11.1 Å². The number of nitrogen functional groups attached to an aromatic ring is 1. The number of hydrogen-bond donors (Lipinski definition) is 1. The lowest BCUT2D eigenvalue weighted by Gasteiger charge is -2.09. The molecule has 1 heterocycles. The van der Waals surface area contributed by atoms with E-state index in [1.807, 2.05) is 0 Å². The van der Waals surface area contributed by atoms with Gasteiger partial charge in [-0.15, -0.1) is 0 Å². The maximum absolute atomic E-state index is 12.4. The molecule has 18 heavy (non-hydrogen) atoms.